The molecule has 3 heterocycles. The Morgan fingerprint density at radius 3 is 3.26 bits per heavy atom. The quantitative estimate of drug-likeness (QED) is 0.858. The molecule has 0 radical (unpaired) electrons. The molecule has 102 valence electrons. The van der Waals surface area contributed by atoms with E-state index < -0.39 is 0 Å². The van der Waals surface area contributed by atoms with E-state index in [9.17, 15) is 0 Å². The third kappa shape index (κ3) is 3.04. The molecule has 0 atom stereocenters. The topological polar surface area (TPSA) is 38.1 Å². The molecule has 3 nitrogen and oxygen atoms in total. The fraction of sp³-hybridized carbons (Fsp3) is 0.500. The van der Waals surface area contributed by atoms with Gasteiger partial charge in [0.2, 0.25) is 0 Å². The van der Waals surface area contributed by atoms with Gasteiger partial charge in [0, 0.05) is 23.6 Å². The number of hydrogen-bond donors (Lipinski definition) is 1. The van der Waals surface area contributed by atoms with Crippen molar-refractivity contribution in [1.82, 2.24) is 10.3 Å². The first-order valence-corrected chi connectivity index (χ1v) is 8.69. The van der Waals surface area contributed by atoms with Gasteiger partial charge in [0.15, 0.2) is 11.7 Å². The maximum Gasteiger partial charge on any atom is 0.196 e. The molecule has 1 aliphatic heterocycles. The van der Waals surface area contributed by atoms with Crippen LogP contribution >= 0.6 is 23.1 Å². The lowest BCUT2D eigenvalue weighted by Gasteiger charge is -2.08. The summed E-state index contributed by atoms with van der Waals surface area (Å²) in [4.78, 5) is 7.12. The predicted octanol–water partition coefficient (Wildman–Crippen LogP) is 3.34. The molecule has 0 saturated carbocycles. The van der Waals surface area contributed by atoms with E-state index in [1.54, 1.807) is 0 Å². The van der Waals surface area contributed by atoms with Crippen LogP contribution in [0.25, 0.3) is 10.6 Å². The van der Waals surface area contributed by atoms with Crippen LogP contribution in [0.4, 0.5) is 0 Å². The molecule has 19 heavy (non-hydrogen) atoms. The fourth-order valence-corrected chi connectivity index (χ4v) is 4.50. The Hall–Kier alpha value is -0.780. The zero-order valence-electron chi connectivity index (χ0n) is 11.1. The Labute approximate surface area is 121 Å². The maximum atomic E-state index is 5.85. The monoisotopic (exact) mass is 294 g/mol. The average molecular weight is 294 g/mol. The van der Waals surface area contributed by atoms with E-state index in [0.717, 1.165) is 36.9 Å². The summed E-state index contributed by atoms with van der Waals surface area (Å²) in [6.45, 7) is 4.02. The van der Waals surface area contributed by atoms with Crippen molar-refractivity contribution in [2.45, 2.75) is 25.5 Å². The van der Waals surface area contributed by atoms with Crippen molar-refractivity contribution in [2.75, 3.05) is 18.8 Å². The normalized spacial score (nSPS) is 14.6. The van der Waals surface area contributed by atoms with Crippen molar-refractivity contribution in [1.29, 1.82) is 0 Å². The van der Waals surface area contributed by atoms with E-state index in [4.69, 9.17) is 4.42 Å². The van der Waals surface area contributed by atoms with Crippen LogP contribution in [0.5, 0.6) is 0 Å². The zero-order valence-corrected chi connectivity index (χ0v) is 12.7. The first-order chi connectivity index (χ1) is 9.36. The number of fused-ring (bicyclic) bond motifs is 1. The Kier molecular flexibility index (Phi) is 4.25. The van der Waals surface area contributed by atoms with Gasteiger partial charge in [-0.05, 0) is 30.3 Å². The molecular weight excluding hydrogens is 276 g/mol. The first-order valence-electron chi connectivity index (χ1n) is 6.72. The van der Waals surface area contributed by atoms with Crippen LogP contribution in [-0.2, 0) is 18.6 Å². The van der Waals surface area contributed by atoms with E-state index in [2.05, 4.69) is 23.3 Å². The third-order valence-electron chi connectivity index (χ3n) is 3.19. The Morgan fingerprint density at radius 2 is 2.42 bits per heavy atom. The second-order valence-electron chi connectivity index (χ2n) is 4.58. The van der Waals surface area contributed by atoms with Crippen LogP contribution in [0.15, 0.2) is 16.7 Å². The fourth-order valence-electron chi connectivity index (χ4n) is 2.18. The van der Waals surface area contributed by atoms with Gasteiger partial charge in [-0.25, -0.2) is 4.98 Å². The minimum atomic E-state index is 0.830. The van der Waals surface area contributed by atoms with Gasteiger partial charge < -0.3 is 9.73 Å². The van der Waals surface area contributed by atoms with Crippen molar-refractivity contribution < 1.29 is 4.42 Å². The van der Waals surface area contributed by atoms with E-state index in [1.807, 2.05) is 29.3 Å². The predicted molar refractivity (Wildman–Crippen MR) is 81.9 cm³/mol. The number of aromatic nitrogens is 1. The minimum Gasteiger partial charge on any atom is -0.440 e. The molecule has 0 saturated heterocycles. The SMILES string of the molecule is CCNCCc1ncc(-c2cc3c(s2)CCSC3)o1. The highest BCUT2D eigenvalue weighted by molar-refractivity contribution is 7.98. The molecule has 2 aromatic rings. The summed E-state index contributed by atoms with van der Waals surface area (Å²) >= 11 is 3.88. The summed E-state index contributed by atoms with van der Waals surface area (Å²) in [6.07, 6.45) is 3.92. The number of rotatable bonds is 5. The third-order valence-corrected chi connectivity index (χ3v) is 5.45. The molecule has 0 spiro atoms. The van der Waals surface area contributed by atoms with Crippen LogP contribution in [0.1, 0.15) is 23.3 Å². The Morgan fingerprint density at radius 1 is 1.47 bits per heavy atom. The number of aryl methyl sites for hydroxylation is 1. The van der Waals surface area contributed by atoms with E-state index in [-0.39, 0.29) is 0 Å². The first kappa shape index (κ1) is 13.2. The number of nitrogens with one attached hydrogen (secondary N) is 1. The molecule has 0 fully saturated rings. The molecular formula is C14H18N2OS2. The molecule has 0 aromatic carbocycles. The van der Waals surface area contributed by atoms with E-state index >= 15 is 0 Å². The number of hydrogen-bond acceptors (Lipinski definition) is 5. The smallest absolute Gasteiger partial charge is 0.196 e. The Bertz CT molecular complexity index is 524. The standard InChI is InChI=1S/C14H18N2OS2/c1-2-15-5-3-14-16-8-11(17-14)13-7-10-9-18-6-4-12(10)19-13/h7-8,15H,2-6,9H2,1H3. The van der Waals surface area contributed by atoms with Crippen molar-refractivity contribution in [3.8, 4) is 10.6 Å². The van der Waals surface area contributed by atoms with Gasteiger partial charge in [-0.3, -0.25) is 0 Å². The van der Waals surface area contributed by atoms with Crippen molar-refractivity contribution in [3.05, 3.63) is 28.6 Å². The van der Waals surface area contributed by atoms with Gasteiger partial charge in [0.05, 0.1) is 11.1 Å². The second kappa shape index (κ2) is 6.11. The summed E-state index contributed by atoms with van der Waals surface area (Å²) < 4.78 is 5.85. The molecule has 0 bridgehead atoms. The van der Waals surface area contributed by atoms with Crippen LogP contribution < -0.4 is 5.32 Å². The number of oxazole rings is 1. The number of thiophene rings is 1. The molecule has 1 N–H and O–H groups in total. The zero-order chi connectivity index (χ0) is 13.1. The summed E-state index contributed by atoms with van der Waals surface area (Å²) in [5.41, 5.74) is 1.49. The van der Waals surface area contributed by atoms with Gasteiger partial charge in [0.1, 0.15) is 0 Å². The summed E-state index contributed by atoms with van der Waals surface area (Å²) in [5.74, 6) is 4.15. The number of likely N-dealkylation sites (N-methyl/N-ethyl adjacent to an activating group) is 1. The van der Waals surface area contributed by atoms with Crippen LogP contribution in [-0.4, -0.2) is 23.8 Å². The summed E-state index contributed by atoms with van der Waals surface area (Å²) in [6, 6.07) is 2.28. The summed E-state index contributed by atoms with van der Waals surface area (Å²) in [7, 11) is 0. The van der Waals surface area contributed by atoms with Gasteiger partial charge in [-0.15, -0.1) is 11.3 Å². The molecule has 0 amide bonds. The maximum absolute atomic E-state index is 5.85. The van der Waals surface area contributed by atoms with Crippen molar-refractivity contribution in [2.24, 2.45) is 0 Å². The highest BCUT2D eigenvalue weighted by Crippen LogP contribution is 2.37. The van der Waals surface area contributed by atoms with Crippen LogP contribution in [0.2, 0.25) is 0 Å². The molecule has 5 heteroatoms. The molecule has 0 unspecified atom stereocenters. The largest absolute Gasteiger partial charge is 0.440 e. The van der Waals surface area contributed by atoms with Crippen molar-refractivity contribution >= 4 is 23.1 Å². The van der Waals surface area contributed by atoms with Gasteiger partial charge in [-0.1, -0.05) is 6.92 Å². The minimum absolute atomic E-state index is 0.830. The molecule has 1 aliphatic rings. The lowest BCUT2D eigenvalue weighted by molar-refractivity contribution is 0.498. The number of thioether (sulfide) groups is 1. The lowest BCUT2D eigenvalue weighted by Crippen LogP contribution is -2.16. The average Bonchev–Trinajstić information content (AvgIpc) is 3.04. The second-order valence-corrected chi connectivity index (χ2v) is 6.83. The van der Waals surface area contributed by atoms with E-state index in [0.29, 0.717) is 0 Å². The number of nitrogens with zero attached hydrogens (tertiary/aromatic N) is 1. The van der Waals surface area contributed by atoms with Gasteiger partial charge in [0.25, 0.3) is 0 Å². The molecule has 3 rings (SSSR count). The van der Waals surface area contributed by atoms with Crippen molar-refractivity contribution in [3.63, 3.8) is 0 Å². The van der Waals surface area contributed by atoms with Gasteiger partial charge in [-0.2, -0.15) is 11.8 Å². The molecule has 2 aromatic heterocycles. The molecule has 0 aliphatic carbocycles. The van der Waals surface area contributed by atoms with Gasteiger partial charge >= 0.3 is 0 Å². The van der Waals surface area contributed by atoms with E-state index in [1.165, 1.54) is 27.5 Å². The summed E-state index contributed by atoms with van der Waals surface area (Å²) in [5, 5.41) is 3.29. The highest BCUT2D eigenvalue weighted by atomic mass is 32.2. The van der Waals surface area contributed by atoms with Crippen LogP contribution in [0.3, 0.4) is 0 Å². The highest BCUT2D eigenvalue weighted by Gasteiger charge is 2.16. The van der Waals surface area contributed by atoms with Crippen LogP contribution in [0, 0.1) is 0 Å². The Balaban J connectivity index is 1.73. The lowest BCUT2D eigenvalue weighted by atomic mass is 10.2.